The molecule has 0 bridgehead atoms. The Morgan fingerprint density at radius 3 is 2.77 bits per heavy atom. The number of fused-ring (bicyclic) bond motifs is 1. The zero-order chi connectivity index (χ0) is 16.1. The molecule has 0 aromatic heterocycles. The fourth-order valence-corrected chi connectivity index (χ4v) is 2.06. The van der Waals surface area contributed by atoms with Crippen molar-refractivity contribution in [3.8, 4) is 11.5 Å². The SMILES string of the molecule is CCC(C)C(=O)NCC(=O)N(C)Cc1ccc2c(c1)OCO2. The Hall–Kier alpha value is -2.24. The van der Waals surface area contributed by atoms with Gasteiger partial charge in [-0.2, -0.15) is 0 Å². The number of amides is 2. The third kappa shape index (κ3) is 3.90. The van der Waals surface area contributed by atoms with Gasteiger partial charge in [0.2, 0.25) is 18.6 Å². The van der Waals surface area contributed by atoms with Crippen LogP contribution < -0.4 is 14.8 Å². The molecule has 1 unspecified atom stereocenters. The summed E-state index contributed by atoms with van der Waals surface area (Å²) in [6.45, 7) is 4.49. The molecular formula is C16H22N2O4. The molecule has 1 N–H and O–H groups in total. The molecule has 0 aliphatic carbocycles. The highest BCUT2D eigenvalue weighted by molar-refractivity contribution is 5.85. The number of likely N-dealkylation sites (N-methyl/N-ethyl adjacent to an activating group) is 1. The highest BCUT2D eigenvalue weighted by atomic mass is 16.7. The van der Waals surface area contributed by atoms with E-state index >= 15 is 0 Å². The van der Waals surface area contributed by atoms with Crippen LogP contribution in [0, 0.1) is 5.92 Å². The molecule has 6 nitrogen and oxygen atoms in total. The summed E-state index contributed by atoms with van der Waals surface area (Å²) in [6, 6.07) is 5.60. The Morgan fingerprint density at radius 2 is 2.05 bits per heavy atom. The summed E-state index contributed by atoms with van der Waals surface area (Å²) >= 11 is 0. The summed E-state index contributed by atoms with van der Waals surface area (Å²) in [6.07, 6.45) is 0.757. The van der Waals surface area contributed by atoms with Gasteiger partial charge in [-0.05, 0) is 24.1 Å². The maximum Gasteiger partial charge on any atom is 0.242 e. The van der Waals surface area contributed by atoms with Crippen LogP contribution >= 0.6 is 0 Å². The average Bonchev–Trinajstić information content (AvgIpc) is 2.98. The van der Waals surface area contributed by atoms with Gasteiger partial charge in [-0.15, -0.1) is 0 Å². The van der Waals surface area contributed by atoms with Gasteiger partial charge in [0.25, 0.3) is 0 Å². The van der Waals surface area contributed by atoms with E-state index in [1.165, 1.54) is 0 Å². The van der Waals surface area contributed by atoms with Crippen molar-refractivity contribution in [1.82, 2.24) is 10.2 Å². The summed E-state index contributed by atoms with van der Waals surface area (Å²) in [5.41, 5.74) is 0.952. The molecule has 1 aliphatic heterocycles. The maximum absolute atomic E-state index is 12.1. The molecule has 0 radical (unpaired) electrons. The number of ether oxygens (including phenoxy) is 2. The monoisotopic (exact) mass is 306 g/mol. The molecule has 6 heteroatoms. The van der Waals surface area contributed by atoms with Crippen molar-refractivity contribution in [2.45, 2.75) is 26.8 Å². The normalized spacial score (nSPS) is 13.6. The first kappa shape index (κ1) is 16.1. The molecule has 1 atom stereocenters. The summed E-state index contributed by atoms with van der Waals surface area (Å²) in [7, 11) is 1.71. The van der Waals surface area contributed by atoms with Gasteiger partial charge in [-0.3, -0.25) is 9.59 Å². The van der Waals surface area contributed by atoms with Crippen LogP contribution in [0.3, 0.4) is 0 Å². The van der Waals surface area contributed by atoms with Gasteiger partial charge in [0, 0.05) is 19.5 Å². The van der Waals surface area contributed by atoms with Crippen molar-refractivity contribution in [3.63, 3.8) is 0 Å². The van der Waals surface area contributed by atoms with Gasteiger partial charge >= 0.3 is 0 Å². The molecule has 1 aromatic rings. The van der Waals surface area contributed by atoms with Crippen molar-refractivity contribution in [1.29, 1.82) is 0 Å². The quantitative estimate of drug-likeness (QED) is 0.865. The molecule has 2 rings (SSSR count). The first-order valence-electron chi connectivity index (χ1n) is 7.41. The van der Waals surface area contributed by atoms with E-state index in [4.69, 9.17) is 9.47 Å². The second-order valence-electron chi connectivity index (χ2n) is 5.46. The van der Waals surface area contributed by atoms with Gasteiger partial charge in [-0.1, -0.05) is 19.9 Å². The minimum absolute atomic E-state index is 0.0181. The average molecular weight is 306 g/mol. The molecule has 0 fully saturated rings. The van der Waals surface area contributed by atoms with Crippen molar-refractivity contribution in [2.24, 2.45) is 5.92 Å². The van der Waals surface area contributed by atoms with Crippen molar-refractivity contribution in [3.05, 3.63) is 23.8 Å². The summed E-state index contributed by atoms with van der Waals surface area (Å²) < 4.78 is 10.6. The highest BCUT2D eigenvalue weighted by Gasteiger charge is 2.16. The summed E-state index contributed by atoms with van der Waals surface area (Å²) in [5.74, 6) is 1.12. The Labute approximate surface area is 130 Å². The van der Waals surface area contributed by atoms with Crippen molar-refractivity contribution >= 4 is 11.8 Å². The van der Waals surface area contributed by atoms with E-state index < -0.39 is 0 Å². The van der Waals surface area contributed by atoms with Crippen molar-refractivity contribution in [2.75, 3.05) is 20.4 Å². The first-order valence-corrected chi connectivity index (χ1v) is 7.41. The minimum atomic E-state index is -0.130. The second-order valence-corrected chi connectivity index (χ2v) is 5.46. The second kappa shape index (κ2) is 7.15. The zero-order valence-corrected chi connectivity index (χ0v) is 13.2. The Balaban J connectivity index is 1.85. The van der Waals surface area contributed by atoms with Crippen LogP contribution in [0.1, 0.15) is 25.8 Å². The predicted octanol–water partition coefficient (Wildman–Crippen LogP) is 1.54. The van der Waals surface area contributed by atoms with Gasteiger partial charge in [0.1, 0.15) is 0 Å². The van der Waals surface area contributed by atoms with Crippen LogP contribution in [-0.4, -0.2) is 37.1 Å². The van der Waals surface area contributed by atoms with E-state index in [9.17, 15) is 9.59 Å². The number of hydrogen-bond donors (Lipinski definition) is 1. The highest BCUT2D eigenvalue weighted by Crippen LogP contribution is 2.32. The van der Waals surface area contributed by atoms with Crippen LogP contribution in [0.5, 0.6) is 11.5 Å². The topological polar surface area (TPSA) is 67.9 Å². The lowest BCUT2D eigenvalue weighted by molar-refractivity contribution is -0.133. The molecule has 2 amide bonds. The van der Waals surface area contributed by atoms with Crippen LogP contribution in [0.25, 0.3) is 0 Å². The summed E-state index contributed by atoms with van der Waals surface area (Å²) in [4.78, 5) is 25.3. The van der Waals surface area contributed by atoms with Crippen LogP contribution in [0.15, 0.2) is 18.2 Å². The van der Waals surface area contributed by atoms with E-state index in [1.807, 2.05) is 32.0 Å². The van der Waals surface area contributed by atoms with Crippen LogP contribution in [-0.2, 0) is 16.1 Å². The Kier molecular flexibility index (Phi) is 5.25. The van der Waals surface area contributed by atoms with E-state index in [0.717, 1.165) is 17.7 Å². The molecule has 1 aliphatic rings. The van der Waals surface area contributed by atoms with Gasteiger partial charge < -0.3 is 19.7 Å². The minimum Gasteiger partial charge on any atom is -0.454 e. The molecule has 1 heterocycles. The lowest BCUT2D eigenvalue weighted by Gasteiger charge is -2.18. The lowest BCUT2D eigenvalue weighted by Crippen LogP contribution is -2.39. The van der Waals surface area contributed by atoms with Crippen molar-refractivity contribution < 1.29 is 19.1 Å². The number of carbonyl (C=O) groups excluding carboxylic acids is 2. The molecule has 1 aromatic carbocycles. The Bertz CT molecular complexity index is 559. The number of nitrogens with one attached hydrogen (secondary N) is 1. The van der Waals surface area contributed by atoms with E-state index in [2.05, 4.69) is 5.32 Å². The molecule has 0 saturated heterocycles. The number of carbonyl (C=O) groups is 2. The standard InChI is InChI=1S/C16H22N2O4/c1-4-11(2)16(20)17-8-15(19)18(3)9-12-5-6-13-14(7-12)22-10-21-13/h5-7,11H,4,8-10H2,1-3H3,(H,17,20). The number of benzene rings is 1. The zero-order valence-electron chi connectivity index (χ0n) is 13.2. The molecule has 22 heavy (non-hydrogen) atoms. The van der Waals surface area contributed by atoms with E-state index in [1.54, 1.807) is 11.9 Å². The molecule has 0 spiro atoms. The van der Waals surface area contributed by atoms with Gasteiger partial charge in [0.15, 0.2) is 11.5 Å². The first-order chi connectivity index (χ1) is 10.5. The fourth-order valence-electron chi connectivity index (χ4n) is 2.06. The van der Waals surface area contributed by atoms with Crippen LogP contribution in [0.2, 0.25) is 0 Å². The largest absolute Gasteiger partial charge is 0.454 e. The summed E-state index contributed by atoms with van der Waals surface area (Å²) in [5, 5.41) is 2.67. The van der Waals surface area contributed by atoms with Crippen LogP contribution in [0.4, 0.5) is 0 Å². The fraction of sp³-hybridized carbons (Fsp3) is 0.500. The molecule has 120 valence electrons. The molecule has 0 saturated carbocycles. The number of nitrogens with zero attached hydrogens (tertiary/aromatic N) is 1. The lowest BCUT2D eigenvalue weighted by atomic mass is 10.1. The number of rotatable bonds is 6. The maximum atomic E-state index is 12.1. The Morgan fingerprint density at radius 1 is 1.32 bits per heavy atom. The third-order valence-electron chi connectivity index (χ3n) is 3.76. The van der Waals surface area contributed by atoms with Gasteiger partial charge in [0.05, 0.1) is 6.54 Å². The third-order valence-corrected chi connectivity index (χ3v) is 3.76. The predicted molar refractivity (Wildman–Crippen MR) is 81.5 cm³/mol. The van der Waals surface area contributed by atoms with E-state index in [0.29, 0.717) is 12.3 Å². The number of hydrogen-bond acceptors (Lipinski definition) is 4. The molecular weight excluding hydrogens is 284 g/mol. The van der Waals surface area contributed by atoms with Gasteiger partial charge in [-0.25, -0.2) is 0 Å². The van der Waals surface area contributed by atoms with E-state index in [-0.39, 0.29) is 31.1 Å². The smallest absolute Gasteiger partial charge is 0.242 e.